The van der Waals surface area contributed by atoms with Crippen molar-refractivity contribution in [3.05, 3.63) is 31.8 Å². The summed E-state index contributed by atoms with van der Waals surface area (Å²) in [6.07, 6.45) is 3.40. The van der Waals surface area contributed by atoms with Gasteiger partial charge in [-0.2, -0.15) is 0 Å². The zero-order chi connectivity index (χ0) is 15.1. The molecule has 1 saturated heterocycles. The molecule has 1 fully saturated rings. The first-order valence-electron chi connectivity index (χ1n) is 7.22. The molecule has 21 heavy (non-hydrogen) atoms. The van der Waals surface area contributed by atoms with E-state index in [4.69, 9.17) is 4.74 Å². The summed E-state index contributed by atoms with van der Waals surface area (Å²) in [4.78, 5) is 12.1. The molecule has 1 heterocycles. The van der Waals surface area contributed by atoms with Gasteiger partial charge in [-0.05, 0) is 73.1 Å². The van der Waals surface area contributed by atoms with Crippen LogP contribution in [0.3, 0.4) is 0 Å². The Bertz CT molecular complexity index is 479. The zero-order valence-corrected chi connectivity index (χ0v) is 15.6. The Balaban J connectivity index is 1.66. The summed E-state index contributed by atoms with van der Waals surface area (Å²) in [5, 5.41) is 6.27. The molecular weight excluding hydrogens is 447 g/mol. The second-order valence-corrected chi connectivity index (χ2v) is 7.13. The summed E-state index contributed by atoms with van der Waals surface area (Å²) in [6.45, 7) is 3.44. The van der Waals surface area contributed by atoms with Crippen molar-refractivity contribution in [1.29, 1.82) is 0 Å². The van der Waals surface area contributed by atoms with Crippen molar-refractivity contribution in [2.45, 2.75) is 25.4 Å². The Morgan fingerprint density at radius 1 is 1.43 bits per heavy atom. The van der Waals surface area contributed by atoms with E-state index in [0.29, 0.717) is 24.8 Å². The number of piperidine rings is 1. The lowest BCUT2D eigenvalue weighted by molar-refractivity contribution is 0.0318. The van der Waals surface area contributed by atoms with Gasteiger partial charge in [0.25, 0.3) is 5.91 Å². The number of nitrogens with one attached hydrogen (secondary N) is 2. The van der Waals surface area contributed by atoms with Gasteiger partial charge in [-0.1, -0.05) is 15.9 Å². The van der Waals surface area contributed by atoms with E-state index in [0.717, 1.165) is 40.4 Å². The number of rotatable bonds is 6. The van der Waals surface area contributed by atoms with Crippen LogP contribution in [0.2, 0.25) is 0 Å². The highest BCUT2D eigenvalue weighted by atomic mass is 127. The molecule has 2 N–H and O–H groups in total. The van der Waals surface area contributed by atoms with Crippen LogP contribution in [0.25, 0.3) is 0 Å². The van der Waals surface area contributed by atoms with Crippen LogP contribution in [0.15, 0.2) is 22.7 Å². The summed E-state index contributed by atoms with van der Waals surface area (Å²) >= 11 is 5.57. The van der Waals surface area contributed by atoms with E-state index < -0.39 is 0 Å². The summed E-state index contributed by atoms with van der Waals surface area (Å²) in [5.74, 6) is -0.0254. The van der Waals surface area contributed by atoms with Crippen molar-refractivity contribution in [1.82, 2.24) is 10.6 Å². The minimum Gasteiger partial charge on any atom is -0.378 e. The van der Waals surface area contributed by atoms with Gasteiger partial charge < -0.3 is 15.4 Å². The van der Waals surface area contributed by atoms with E-state index in [9.17, 15) is 4.79 Å². The second-order valence-electron chi connectivity index (χ2n) is 5.05. The molecule has 0 radical (unpaired) electrons. The van der Waals surface area contributed by atoms with Crippen LogP contribution >= 0.6 is 38.5 Å². The lowest BCUT2D eigenvalue weighted by Crippen LogP contribution is -2.33. The predicted octanol–water partition coefficient (Wildman–Crippen LogP) is 2.94. The fraction of sp³-hybridized carbons (Fsp3) is 0.533. The number of carbonyl (C=O) groups is 1. The third kappa shape index (κ3) is 5.84. The Labute approximate surface area is 147 Å². The van der Waals surface area contributed by atoms with Crippen molar-refractivity contribution in [2.75, 3.05) is 26.2 Å². The number of hydrogen-bond acceptors (Lipinski definition) is 3. The molecule has 1 amide bonds. The smallest absolute Gasteiger partial charge is 0.252 e. The summed E-state index contributed by atoms with van der Waals surface area (Å²) in [6, 6.07) is 5.72. The highest BCUT2D eigenvalue weighted by molar-refractivity contribution is 14.1. The number of halogens is 2. The number of hydrogen-bond donors (Lipinski definition) is 2. The number of carbonyl (C=O) groups excluding carboxylic acids is 1. The lowest BCUT2D eigenvalue weighted by atomic mass is 10.1. The first-order chi connectivity index (χ1) is 10.2. The minimum atomic E-state index is -0.0254. The molecule has 116 valence electrons. The molecule has 0 atom stereocenters. The van der Waals surface area contributed by atoms with Crippen LogP contribution in [-0.4, -0.2) is 38.3 Å². The van der Waals surface area contributed by atoms with E-state index in [2.05, 4.69) is 49.2 Å². The Morgan fingerprint density at radius 3 is 2.95 bits per heavy atom. The Kier molecular flexibility index (Phi) is 7.42. The molecule has 0 bridgehead atoms. The van der Waals surface area contributed by atoms with E-state index >= 15 is 0 Å². The monoisotopic (exact) mass is 466 g/mol. The quantitative estimate of drug-likeness (QED) is 0.500. The van der Waals surface area contributed by atoms with Gasteiger partial charge in [0.1, 0.15) is 0 Å². The van der Waals surface area contributed by atoms with Crippen LogP contribution < -0.4 is 10.6 Å². The van der Waals surface area contributed by atoms with Crippen molar-refractivity contribution in [3.63, 3.8) is 0 Å². The molecule has 1 aliphatic rings. The van der Waals surface area contributed by atoms with Crippen LogP contribution in [-0.2, 0) is 4.74 Å². The van der Waals surface area contributed by atoms with Crippen LogP contribution in [0.4, 0.5) is 0 Å². The van der Waals surface area contributed by atoms with E-state index in [1.54, 1.807) is 0 Å². The van der Waals surface area contributed by atoms with Gasteiger partial charge in [-0.25, -0.2) is 0 Å². The van der Waals surface area contributed by atoms with Crippen molar-refractivity contribution < 1.29 is 9.53 Å². The predicted molar refractivity (Wildman–Crippen MR) is 95.7 cm³/mol. The van der Waals surface area contributed by atoms with E-state index in [-0.39, 0.29) is 5.91 Å². The summed E-state index contributed by atoms with van der Waals surface area (Å²) in [5.41, 5.74) is 0.712. The number of benzene rings is 1. The number of amides is 1. The summed E-state index contributed by atoms with van der Waals surface area (Å²) < 4.78 is 7.69. The maximum Gasteiger partial charge on any atom is 0.252 e. The SMILES string of the molecule is O=C(NCCCOC1CCNCC1)c1cc(Br)ccc1I. The van der Waals surface area contributed by atoms with Gasteiger partial charge >= 0.3 is 0 Å². The molecule has 1 aliphatic heterocycles. The molecule has 2 rings (SSSR count). The first-order valence-corrected chi connectivity index (χ1v) is 9.09. The first kappa shape index (κ1) is 17.2. The maximum absolute atomic E-state index is 12.1. The average molecular weight is 467 g/mol. The largest absolute Gasteiger partial charge is 0.378 e. The zero-order valence-electron chi connectivity index (χ0n) is 11.8. The third-order valence-electron chi connectivity index (χ3n) is 3.42. The van der Waals surface area contributed by atoms with Gasteiger partial charge in [0.05, 0.1) is 11.7 Å². The van der Waals surface area contributed by atoms with Crippen LogP contribution in [0.1, 0.15) is 29.6 Å². The number of ether oxygens (including phenoxy) is 1. The Morgan fingerprint density at radius 2 is 2.19 bits per heavy atom. The molecular formula is C15H20BrIN2O2. The average Bonchev–Trinajstić information content (AvgIpc) is 2.50. The molecule has 0 aromatic heterocycles. The van der Waals surface area contributed by atoms with Gasteiger partial charge in [0.15, 0.2) is 0 Å². The van der Waals surface area contributed by atoms with Gasteiger partial charge in [0, 0.05) is 21.2 Å². The molecule has 1 aromatic carbocycles. The van der Waals surface area contributed by atoms with Gasteiger partial charge in [-0.15, -0.1) is 0 Å². The normalized spacial score (nSPS) is 15.9. The van der Waals surface area contributed by atoms with Crippen molar-refractivity contribution in [2.24, 2.45) is 0 Å². The van der Waals surface area contributed by atoms with E-state index in [1.165, 1.54) is 0 Å². The maximum atomic E-state index is 12.1. The van der Waals surface area contributed by atoms with Crippen LogP contribution in [0, 0.1) is 3.57 Å². The minimum absolute atomic E-state index is 0.0254. The van der Waals surface area contributed by atoms with Gasteiger partial charge in [-0.3, -0.25) is 4.79 Å². The lowest BCUT2D eigenvalue weighted by Gasteiger charge is -2.22. The molecule has 6 heteroatoms. The fourth-order valence-corrected chi connectivity index (χ4v) is 3.19. The third-order valence-corrected chi connectivity index (χ3v) is 4.85. The second kappa shape index (κ2) is 9.07. The fourth-order valence-electron chi connectivity index (χ4n) is 2.25. The highest BCUT2D eigenvalue weighted by Gasteiger charge is 2.13. The van der Waals surface area contributed by atoms with Crippen molar-refractivity contribution >= 4 is 44.4 Å². The standard InChI is InChI=1S/C15H20BrIN2O2/c16-11-2-3-14(17)13(10-11)15(20)19-6-1-9-21-12-4-7-18-8-5-12/h2-3,10,12,18H,1,4-9H2,(H,19,20). The topological polar surface area (TPSA) is 50.4 Å². The molecule has 0 unspecified atom stereocenters. The molecule has 4 nitrogen and oxygen atoms in total. The van der Waals surface area contributed by atoms with Crippen molar-refractivity contribution in [3.8, 4) is 0 Å². The molecule has 1 aromatic rings. The van der Waals surface area contributed by atoms with Crippen LogP contribution in [0.5, 0.6) is 0 Å². The molecule has 0 spiro atoms. The van der Waals surface area contributed by atoms with Gasteiger partial charge in [0.2, 0.25) is 0 Å². The summed E-state index contributed by atoms with van der Waals surface area (Å²) in [7, 11) is 0. The molecule has 0 aliphatic carbocycles. The molecule has 0 saturated carbocycles. The van der Waals surface area contributed by atoms with E-state index in [1.807, 2.05) is 18.2 Å². The highest BCUT2D eigenvalue weighted by Crippen LogP contribution is 2.18. The Hall–Kier alpha value is -0.180.